The van der Waals surface area contributed by atoms with Crippen molar-refractivity contribution in [3.05, 3.63) is 12.3 Å². The van der Waals surface area contributed by atoms with Gasteiger partial charge in [-0.3, -0.25) is 0 Å². The van der Waals surface area contributed by atoms with E-state index in [1.807, 2.05) is 13.8 Å². The van der Waals surface area contributed by atoms with Gasteiger partial charge in [0, 0.05) is 24.3 Å². The Morgan fingerprint density at radius 1 is 1.50 bits per heavy atom. The Morgan fingerprint density at radius 2 is 2.33 bits per heavy atom. The van der Waals surface area contributed by atoms with Crippen molar-refractivity contribution in [3.63, 3.8) is 0 Å². The number of nitrogens with zero attached hydrogens (tertiary/aromatic N) is 2. The number of piperidine rings is 1. The minimum atomic E-state index is 0.131. The molecule has 1 fully saturated rings. The van der Waals surface area contributed by atoms with Gasteiger partial charge in [-0.25, -0.2) is 4.98 Å². The van der Waals surface area contributed by atoms with Crippen LogP contribution < -0.4 is 15.4 Å². The molecule has 2 unspecified atom stereocenters. The van der Waals surface area contributed by atoms with Gasteiger partial charge < -0.3 is 15.4 Å². The summed E-state index contributed by atoms with van der Waals surface area (Å²) in [6, 6.07) is 2.78. The van der Waals surface area contributed by atoms with Crippen molar-refractivity contribution in [2.75, 3.05) is 11.9 Å². The summed E-state index contributed by atoms with van der Waals surface area (Å²) in [5, 5.41) is 6.81. The quantitative estimate of drug-likeness (QED) is 0.853. The molecule has 5 heteroatoms. The van der Waals surface area contributed by atoms with Gasteiger partial charge in [0.1, 0.15) is 0 Å². The van der Waals surface area contributed by atoms with Gasteiger partial charge in [-0.15, -0.1) is 0 Å². The van der Waals surface area contributed by atoms with Crippen molar-refractivity contribution in [1.82, 2.24) is 15.3 Å². The lowest BCUT2D eigenvalue weighted by Crippen LogP contribution is -2.41. The summed E-state index contributed by atoms with van der Waals surface area (Å²) < 4.78 is 5.56. The first kappa shape index (κ1) is 13.1. The minimum absolute atomic E-state index is 0.131. The lowest BCUT2D eigenvalue weighted by molar-refractivity contribution is 0.232. The smallest absolute Gasteiger partial charge is 0.226 e. The van der Waals surface area contributed by atoms with E-state index in [4.69, 9.17) is 4.74 Å². The molecule has 2 rings (SSSR count). The number of ether oxygens (including phenoxy) is 1. The second-order valence-electron chi connectivity index (χ2n) is 5.11. The number of anilines is 1. The van der Waals surface area contributed by atoms with Crippen molar-refractivity contribution >= 4 is 5.95 Å². The third kappa shape index (κ3) is 3.84. The summed E-state index contributed by atoms with van der Waals surface area (Å²) in [7, 11) is 0. The molecule has 0 amide bonds. The van der Waals surface area contributed by atoms with Crippen LogP contribution in [0.1, 0.15) is 33.6 Å². The van der Waals surface area contributed by atoms with Crippen LogP contribution in [0, 0.1) is 0 Å². The van der Waals surface area contributed by atoms with Crippen LogP contribution in [-0.2, 0) is 0 Å². The van der Waals surface area contributed by atoms with E-state index in [0.29, 0.717) is 23.9 Å². The van der Waals surface area contributed by atoms with Crippen LogP contribution in [0.2, 0.25) is 0 Å². The van der Waals surface area contributed by atoms with Gasteiger partial charge in [0.05, 0.1) is 6.10 Å². The maximum atomic E-state index is 5.56. The highest BCUT2D eigenvalue weighted by Gasteiger charge is 2.18. The highest BCUT2D eigenvalue weighted by Crippen LogP contribution is 2.15. The van der Waals surface area contributed by atoms with Gasteiger partial charge >= 0.3 is 0 Å². The van der Waals surface area contributed by atoms with Crippen LogP contribution in [0.3, 0.4) is 0 Å². The van der Waals surface area contributed by atoms with E-state index < -0.39 is 0 Å². The monoisotopic (exact) mass is 250 g/mol. The maximum absolute atomic E-state index is 5.56. The van der Waals surface area contributed by atoms with Crippen molar-refractivity contribution in [2.45, 2.75) is 51.8 Å². The molecule has 0 aromatic carbocycles. The van der Waals surface area contributed by atoms with Crippen LogP contribution in [0.4, 0.5) is 5.95 Å². The second kappa shape index (κ2) is 6.00. The Kier molecular flexibility index (Phi) is 4.36. The molecule has 0 saturated carbocycles. The van der Waals surface area contributed by atoms with E-state index >= 15 is 0 Å². The van der Waals surface area contributed by atoms with Gasteiger partial charge in [-0.2, -0.15) is 4.98 Å². The first-order valence-electron chi connectivity index (χ1n) is 6.63. The normalized spacial score (nSPS) is 24.0. The van der Waals surface area contributed by atoms with Crippen LogP contribution in [-0.4, -0.2) is 34.7 Å². The highest BCUT2D eigenvalue weighted by atomic mass is 16.5. The predicted octanol–water partition coefficient (Wildman–Crippen LogP) is 1.82. The Morgan fingerprint density at radius 3 is 3.06 bits per heavy atom. The standard InChI is InChI=1S/C13H22N4O/c1-9(2)18-12-5-7-15-13(17-12)16-11-4-6-14-10(3)8-11/h5,7,9-11,14H,4,6,8H2,1-3H3,(H,15,16,17). The lowest BCUT2D eigenvalue weighted by Gasteiger charge is -2.28. The largest absolute Gasteiger partial charge is 0.475 e. The Bertz CT molecular complexity index is 383. The molecule has 5 nitrogen and oxygen atoms in total. The highest BCUT2D eigenvalue weighted by molar-refractivity contribution is 5.29. The summed E-state index contributed by atoms with van der Waals surface area (Å²) in [4.78, 5) is 8.61. The molecule has 1 saturated heterocycles. The molecule has 1 aromatic rings. The third-order valence-electron chi connectivity index (χ3n) is 2.94. The van der Waals surface area contributed by atoms with Gasteiger partial charge in [0.25, 0.3) is 0 Å². The molecule has 0 spiro atoms. The van der Waals surface area contributed by atoms with Crippen LogP contribution >= 0.6 is 0 Å². The summed E-state index contributed by atoms with van der Waals surface area (Å²) in [5.41, 5.74) is 0. The molecule has 2 N–H and O–H groups in total. The van der Waals surface area contributed by atoms with E-state index in [2.05, 4.69) is 27.5 Å². The Labute approximate surface area is 108 Å². The van der Waals surface area contributed by atoms with E-state index in [1.54, 1.807) is 12.3 Å². The van der Waals surface area contributed by atoms with E-state index in [9.17, 15) is 0 Å². The maximum Gasteiger partial charge on any atom is 0.226 e. The topological polar surface area (TPSA) is 59.1 Å². The predicted molar refractivity (Wildman–Crippen MR) is 71.9 cm³/mol. The fourth-order valence-corrected chi connectivity index (χ4v) is 2.16. The molecule has 1 aliphatic rings. The van der Waals surface area contributed by atoms with Crippen LogP contribution in [0.25, 0.3) is 0 Å². The van der Waals surface area contributed by atoms with E-state index in [1.165, 1.54) is 0 Å². The zero-order chi connectivity index (χ0) is 13.0. The molecular formula is C13H22N4O. The summed E-state index contributed by atoms with van der Waals surface area (Å²) >= 11 is 0. The Balaban J connectivity index is 1.96. The Hall–Kier alpha value is -1.36. The molecule has 18 heavy (non-hydrogen) atoms. The molecular weight excluding hydrogens is 228 g/mol. The van der Waals surface area contributed by atoms with Crippen molar-refractivity contribution in [2.24, 2.45) is 0 Å². The SMILES string of the molecule is CC1CC(Nc2nccc(OC(C)C)n2)CCN1. The van der Waals surface area contributed by atoms with Crippen molar-refractivity contribution < 1.29 is 4.74 Å². The summed E-state index contributed by atoms with van der Waals surface area (Å²) in [5.74, 6) is 1.29. The van der Waals surface area contributed by atoms with Gasteiger partial charge in [-0.05, 0) is 40.2 Å². The average molecular weight is 250 g/mol. The van der Waals surface area contributed by atoms with Crippen molar-refractivity contribution in [1.29, 1.82) is 0 Å². The third-order valence-corrected chi connectivity index (χ3v) is 2.94. The molecule has 1 aromatic heterocycles. The first-order valence-corrected chi connectivity index (χ1v) is 6.63. The number of hydrogen-bond acceptors (Lipinski definition) is 5. The van der Waals surface area contributed by atoms with Crippen LogP contribution in [0.5, 0.6) is 5.88 Å². The minimum Gasteiger partial charge on any atom is -0.475 e. The van der Waals surface area contributed by atoms with E-state index in [-0.39, 0.29) is 6.10 Å². The summed E-state index contributed by atoms with van der Waals surface area (Å²) in [6.07, 6.45) is 4.06. The molecule has 0 radical (unpaired) electrons. The molecule has 100 valence electrons. The number of hydrogen-bond donors (Lipinski definition) is 2. The van der Waals surface area contributed by atoms with Crippen LogP contribution in [0.15, 0.2) is 12.3 Å². The average Bonchev–Trinajstić information content (AvgIpc) is 2.28. The molecule has 2 atom stereocenters. The number of aromatic nitrogens is 2. The first-order chi connectivity index (χ1) is 8.63. The second-order valence-corrected chi connectivity index (χ2v) is 5.11. The zero-order valence-corrected chi connectivity index (χ0v) is 11.3. The molecule has 1 aliphatic heterocycles. The fourth-order valence-electron chi connectivity index (χ4n) is 2.16. The molecule has 0 bridgehead atoms. The number of rotatable bonds is 4. The zero-order valence-electron chi connectivity index (χ0n) is 11.3. The van der Waals surface area contributed by atoms with Crippen molar-refractivity contribution in [3.8, 4) is 5.88 Å². The van der Waals surface area contributed by atoms with Gasteiger partial charge in [0.2, 0.25) is 11.8 Å². The number of nitrogens with one attached hydrogen (secondary N) is 2. The lowest BCUT2D eigenvalue weighted by atomic mass is 10.0. The van der Waals surface area contributed by atoms with E-state index in [0.717, 1.165) is 19.4 Å². The van der Waals surface area contributed by atoms with Gasteiger partial charge in [0.15, 0.2) is 0 Å². The fraction of sp³-hybridized carbons (Fsp3) is 0.692. The molecule has 0 aliphatic carbocycles. The van der Waals surface area contributed by atoms with Gasteiger partial charge in [-0.1, -0.05) is 0 Å². The molecule has 2 heterocycles. The summed E-state index contributed by atoms with van der Waals surface area (Å²) in [6.45, 7) is 7.22.